The molecule has 0 radical (unpaired) electrons. The number of nitrogens with one attached hydrogen (secondary N) is 1. The summed E-state index contributed by atoms with van der Waals surface area (Å²) < 4.78 is 0. The highest BCUT2D eigenvalue weighted by Crippen LogP contribution is 2.16. The Morgan fingerprint density at radius 1 is 0.929 bits per heavy atom. The largest absolute Gasteiger partial charge is 0.353 e. The topological polar surface area (TPSA) is 74.2 Å². The smallest absolute Gasteiger partial charge is 0.258 e. The van der Waals surface area contributed by atoms with E-state index < -0.39 is 0 Å². The molecule has 3 aromatic rings. The number of hydrogen-bond donors (Lipinski definition) is 1. The van der Waals surface area contributed by atoms with Gasteiger partial charge in [0.2, 0.25) is 5.95 Å². The summed E-state index contributed by atoms with van der Waals surface area (Å²) in [5.41, 5.74) is 2.30. The number of aromatic nitrogens is 3. The second kappa shape index (κ2) is 8.04. The summed E-state index contributed by atoms with van der Waals surface area (Å²) in [7, 11) is 0. The van der Waals surface area contributed by atoms with Crippen LogP contribution >= 0.6 is 0 Å². The number of carbonyl (C=O) groups is 1. The van der Waals surface area contributed by atoms with Crippen molar-refractivity contribution in [1.29, 1.82) is 0 Å². The monoisotopic (exact) mass is 374 g/mol. The van der Waals surface area contributed by atoms with Gasteiger partial charge in [-0.15, -0.1) is 0 Å². The highest BCUT2D eigenvalue weighted by atomic mass is 16.1. The van der Waals surface area contributed by atoms with Gasteiger partial charge in [-0.2, -0.15) is 0 Å². The van der Waals surface area contributed by atoms with Crippen LogP contribution in [-0.2, 0) is 0 Å². The second-order valence-corrected chi connectivity index (χ2v) is 6.76. The van der Waals surface area contributed by atoms with E-state index in [2.05, 4.69) is 30.1 Å². The highest BCUT2D eigenvalue weighted by molar-refractivity contribution is 6.03. The molecule has 4 rings (SSSR count). The maximum atomic E-state index is 12.4. The number of anilines is 3. The van der Waals surface area contributed by atoms with E-state index in [9.17, 15) is 4.79 Å². The zero-order valence-electron chi connectivity index (χ0n) is 15.7. The normalized spacial score (nSPS) is 14.0. The standard InChI is InChI=1S/C21H22N6O/c1-16-5-4-6-18(13-16)25-20(28)17-14-23-21(24-15-17)27-11-9-26(10-12-27)19-7-2-3-8-22-19/h2-8,13-15H,9-12H2,1H3,(H,25,28). The van der Waals surface area contributed by atoms with Crippen molar-refractivity contribution in [3.05, 3.63) is 72.2 Å². The minimum absolute atomic E-state index is 0.211. The number of aryl methyl sites for hydroxylation is 1. The van der Waals surface area contributed by atoms with E-state index in [-0.39, 0.29) is 5.91 Å². The number of rotatable bonds is 4. The molecule has 2 aromatic heterocycles. The van der Waals surface area contributed by atoms with Crippen LogP contribution in [0.2, 0.25) is 0 Å². The Morgan fingerprint density at radius 2 is 1.68 bits per heavy atom. The Hall–Kier alpha value is -3.48. The first kappa shape index (κ1) is 17.9. The maximum absolute atomic E-state index is 12.4. The van der Waals surface area contributed by atoms with Gasteiger partial charge in [0, 0.05) is 50.5 Å². The van der Waals surface area contributed by atoms with Crippen LogP contribution in [0.1, 0.15) is 15.9 Å². The van der Waals surface area contributed by atoms with Gasteiger partial charge in [-0.3, -0.25) is 4.79 Å². The number of carbonyl (C=O) groups excluding carboxylic acids is 1. The van der Waals surface area contributed by atoms with E-state index in [1.807, 2.05) is 55.6 Å². The van der Waals surface area contributed by atoms with Crippen molar-refractivity contribution in [1.82, 2.24) is 15.0 Å². The van der Waals surface area contributed by atoms with Gasteiger partial charge in [0.15, 0.2) is 0 Å². The Morgan fingerprint density at radius 3 is 2.36 bits per heavy atom. The molecule has 7 heteroatoms. The van der Waals surface area contributed by atoms with E-state index in [0.29, 0.717) is 11.5 Å². The first-order chi connectivity index (χ1) is 13.7. The molecule has 1 aromatic carbocycles. The minimum atomic E-state index is -0.211. The van der Waals surface area contributed by atoms with E-state index >= 15 is 0 Å². The average Bonchev–Trinajstić information content (AvgIpc) is 2.75. The molecule has 0 bridgehead atoms. The summed E-state index contributed by atoms with van der Waals surface area (Å²) in [6, 6.07) is 13.6. The maximum Gasteiger partial charge on any atom is 0.258 e. The second-order valence-electron chi connectivity index (χ2n) is 6.76. The van der Waals surface area contributed by atoms with Gasteiger partial charge in [-0.25, -0.2) is 15.0 Å². The third-order valence-corrected chi connectivity index (χ3v) is 4.71. The van der Waals surface area contributed by atoms with Gasteiger partial charge >= 0.3 is 0 Å². The lowest BCUT2D eigenvalue weighted by Gasteiger charge is -2.35. The molecule has 142 valence electrons. The van der Waals surface area contributed by atoms with E-state index in [4.69, 9.17) is 0 Å². The fourth-order valence-electron chi connectivity index (χ4n) is 3.20. The number of pyridine rings is 1. The number of nitrogens with zero attached hydrogens (tertiary/aromatic N) is 5. The molecule has 1 aliphatic heterocycles. The molecule has 1 aliphatic rings. The molecule has 0 aliphatic carbocycles. The molecule has 0 unspecified atom stereocenters. The molecule has 1 fully saturated rings. The Balaban J connectivity index is 1.36. The Kier molecular flexibility index (Phi) is 5.14. The van der Waals surface area contributed by atoms with Gasteiger partial charge < -0.3 is 15.1 Å². The number of benzene rings is 1. The van der Waals surface area contributed by atoms with Crippen LogP contribution < -0.4 is 15.1 Å². The van der Waals surface area contributed by atoms with Crippen LogP contribution in [0.5, 0.6) is 0 Å². The van der Waals surface area contributed by atoms with Gasteiger partial charge in [-0.1, -0.05) is 18.2 Å². The van der Waals surface area contributed by atoms with Gasteiger partial charge in [-0.05, 0) is 36.8 Å². The molecule has 0 spiro atoms. The molecule has 0 saturated carbocycles. The van der Waals surface area contributed by atoms with E-state index in [1.54, 1.807) is 12.4 Å². The van der Waals surface area contributed by atoms with Crippen LogP contribution in [-0.4, -0.2) is 47.0 Å². The number of amides is 1. The summed E-state index contributed by atoms with van der Waals surface area (Å²) in [6.45, 7) is 5.32. The van der Waals surface area contributed by atoms with Gasteiger partial charge in [0.05, 0.1) is 5.56 Å². The molecular formula is C21H22N6O. The summed E-state index contributed by atoms with van der Waals surface area (Å²) >= 11 is 0. The Bertz CT molecular complexity index is 937. The van der Waals surface area contributed by atoms with Crippen molar-refractivity contribution in [3.63, 3.8) is 0 Å². The summed E-state index contributed by atoms with van der Waals surface area (Å²) in [4.78, 5) is 30.0. The lowest BCUT2D eigenvalue weighted by molar-refractivity contribution is 0.102. The van der Waals surface area contributed by atoms with Gasteiger partial charge in [0.25, 0.3) is 5.91 Å². The van der Waals surface area contributed by atoms with Crippen molar-refractivity contribution < 1.29 is 4.79 Å². The average molecular weight is 374 g/mol. The lowest BCUT2D eigenvalue weighted by atomic mass is 10.2. The van der Waals surface area contributed by atoms with Crippen molar-refractivity contribution in [2.24, 2.45) is 0 Å². The fraction of sp³-hybridized carbons (Fsp3) is 0.238. The predicted molar refractivity (Wildman–Crippen MR) is 110 cm³/mol. The van der Waals surface area contributed by atoms with E-state index in [0.717, 1.165) is 43.2 Å². The summed E-state index contributed by atoms with van der Waals surface area (Å²) in [5, 5.41) is 2.88. The fourth-order valence-corrected chi connectivity index (χ4v) is 3.20. The molecule has 0 atom stereocenters. The molecule has 1 saturated heterocycles. The van der Waals surface area contributed by atoms with E-state index in [1.165, 1.54) is 0 Å². The number of hydrogen-bond acceptors (Lipinski definition) is 6. The van der Waals surface area contributed by atoms with Crippen molar-refractivity contribution in [3.8, 4) is 0 Å². The van der Waals surface area contributed by atoms with Crippen molar-refractivity contribution in [2.45, 2.75) is 6.92 Å². The molecule has 1 N–H and O–H groups in total. The van der Waals surface area contributed by atoms with Crippen LogP contribution in [0.25, 0.3) is 0 Å². The Labute approximate surface area is 164 Å². The quantitative estimate of drug-likeness (QED) is 0.757. The summed E-state index contributed by atoms with van der Waals surface area (Å²) in [6.07, 6.45) is 4.97. The molecular weight excluding hydrogens is 352 g/mol. The number of piperazine rings is 1. The molecule has 1 amide bonds. The van der Waals surface area contributed by atoms with Crippen LogP contribution in [0.15, 0.2) is 61.1 Å². The summed E-state index contributed by atoms with van der Waals surface area (Å²) in [5.74, 6) is 1.43. The molecule has 7 nitrogen and oxygen atoms in total. The first-order valence-corrected chi connectivity index (χ1v) is 9.30. The van der Waals surface area contributed by atoms with Gasteiger partial charge in [0.1, 0.15) is 5.82 Å². The van der Waals surface area contributed by atoms with Crippen LogP contribution in [0.3, 0.4) is 0 Å². The van der Waals surface area contributed by atoms with Crippen LogP contribution in [0.4, 0.5) is 17.5 Å². The highest BCUT2D eigenvalue weighted by Gasteiger charge is 2.20. The predicted octanol–water partition coefficient (Wildman–Crippen LogP) is 2.76. The van der Waals surface area contributed by atoms with Crippen molar-refractivity contribution >= 4 is 23.4 Å². The first-order valence-electron chi connectivity index (χ1n) is 9.30. The lowest BCUT2D eigenvalue weighted by Crippen LogP contribution is -2.47. The zero-order chi connectivity index (χ0) is 19.3. The SMILES string of the molecule is Cc1cccc(NC(=O)c2cnc(N3CCN(c4ccccn4)CC3)nc2)c1. The zero-order valence-corrected chi connectivity index (χ0v) is 15.7. The van der Waals surface area contributed by atoms with Crippen molar-refractivity contribution in [2.75, 3.05) is 41.3 Å². The third kappa shape index (κ3) is 4.09. The third-order valence-electron chi connectivity index (χ3n) is 4.71. The molecule has 28 heavy (non-hydrogen) atoms. The molecule has 3 heterocycles. The minimum Gasteiger partial charge on any atom is -0.353 e. The van der Waals surface area contributed by atoms with Crippen LogP contribution in [0, 0.1) is 6.92 Å².